The van der Waals surface area contributed by atoms with Crippen LogP contribution in [0, 0.1) is 0 Å². The standard InChI is InChI=1S/C7H10N2O2S/c1-2-3-6(10)11-5-4-12-7(8)9-5/h4H,2-3H2,1H3,(H2,8,9). The number of hydrogen-bond acceptors (Lipinski definition) is 5. The number of rotatable bonds is 3. The number of carbonyl (C=O) groups excluding carboxylic acids is 1. The molecule has 2 N–H and O–H groups in total. The molecule has 66 valence electrons. The van der Waals surface area contributed by atoms with E-state index in [9.17, 15) is 4.79 Å². The van der Waals surface area contributed by atoms with Gasteiger partial charge in [-0.3, -0.25) is 4.79 Å². The van der Waals surface area contributed by atoms with E-state index in [2.05, 4.69) is 4.98 Å². The topological polar surface area (TPSA) is 65.2 Å². The van der Waals surface area contributed by atoms with Crippen LogP contribution >= 0.6 is 11.3 Å². The van der Waals surface area contributed by atoms with Crippen LogP contribution in [-0.4, -0.2) is 11.0 Å². The molecule has 1 aromatic rings. The summed E-state index contributed by atoms with van der Waals surface area (Å²) in [6.07, 6.45) is 1.19. The van der Waals surface area contributed by atoms with Gasteiger partial charge in [0.25, 0.3) is 0 Å². The van der Waals surface area contributed by atoms with Crippen LogP contribution in [0.25, 0.3) is 0 Å². The van der Waals surface area contributed by atoms with Crippen molar-refractivity contribution in [2.75, 3.05) is 5.73 Å². The van der Waals surface area contributed by atoms with Crippen molar-refractivity contribution in [2.24, 2.45) is 0 Å². The number of thiazole rings is 1. The lowest BCUT2D eigenvalue weighted by molar-refractivity contribution is -0.134. The third-order valence-corrected chi connectivity index (χ3v) is 1.83. The first-order chi connectivity index (χ1) is 5.72. The van der Waals surface area contributed by atoms with Gasteiger partial charge in [0.05, 0.1) is 5.38 Å². The van der Waals surface area contributed by atoms with E-state index in [4.69, 9.17) is 10.5 Å². The molecule has 0 amide bonds. The van der Waals surface area contributed by atoms with Gasteiger partial charge in [-0.1, -0.05) is 6.92 Å². The lowest BCUT2D eigenvalue weighted by Crippen LogP contribution is -2.06. The Bertz CT molecular complexity index is 272. The van der Waals surface area contributed by atoms with Crippen molar-refractivity contribution in [1.82, 2.24) is 4.98 Å². The highest BCUT2D eigenvalue weighted by Gasteiger charge is 2.05. The zero-order chi connectivity index (χ0) is 8.97. The fourth-order valence-corrected chi connectivity index (χ4v) is 1.16. The number of anilines is 1. The van der Waals surface area contributed by atoms with Crippen molar-refractivity contribution in [3.05, 3.63) is 5.38 Å². The number of nitrogens with two attached hydrogens (primary N) is 1. The zero-order valence-electron chi connectivity index (χ0n) is 6.74. The Kier molecular flexibility index (Phi) is 3.04. The Morgan fingerprint density at radius 2 is 2.58 bits per heavy atom. The van der Waals surface area contributed by atoms with Gasteiger partial charge in [-0.05, 0) is 6.42 Å². The fraction of sp³-hybridized carbons (Fsp3) is 0.429. The number of ether oxygens (including phenoxy) is 1. The first-order valence-electron chi connectivity index (χ1n) is 3.64. The van der Waals surface area contributed by atoms with Crippen molar-refractivity contribution in [3.8, 4) is 5.88 Å². The Morgan fingerprint density at radius 3 is 3.08 bits per heavy atom. The average molecular weight is 186 g/mol. The summed E-state index contributed by atoms with van der Waals surface area (Å²) >= 11 is 1.25. The molecule has 1 heterocycles. The van der Waals surface area contributed by atoms with Crippen LogP contribution in [0.5, 0.6) is 5.88 Å². The van der Waals surface area contributed by atoms with E-state index in [-0.39, 0.29) is 5.97 Å². The molecule has 1 aromatic heterocycles. The van der Waals surface area contributed by atoms with Gasteiger partial charge in [0.2, 0.25) is 5.88 Å². The van der Waals surface area contributed by atoms with Crippen molar-refractivity contribution in [3.63, 3.8) is 0 Å². The van der Waals surface area contributed by atoms with E-state index in [1.54, 1.807) is 5.38 Å². The highest BCUT2D eigenvalue weighted by atomic mass is 32.1. The molecule has 0 spiro atoms. The van der Waals surface area contributed by atoms with E-state index in [1.807, 2.05) is 6.92 Å². The molecule has 0 unspecified atom stereocenters. The first kappa shape index (κ1) is 8.99. The molecule has 12 heavy (non-hydrogen) atoms. The van der Waals surface area contributed by atoms with E-state index in [0.29, 0.717) is 17.4 Å². The van der Waals surface area contributed by atoms with Gasteiger partial charge in [-0.2, -0.15) is 4.98 Å². The molecule has 0 fully saturated rings. The second-order valence-electron chi connectivity index (χ2n) is 2.25. The predicted molar refractivity (Wildman–Crippen MR) is 47.1 cm³/mol. The van der Waals surface area contributed by atoms with E-state index in [0.717, 1.165) is 6.42 Å². The quantitative estimate of drug-likeness (QED) is 0.725. The summed E-state index contributed by atoms with van der Waals surface area (Å²) in [6.45, 7) is 1.91. The normalized spacial score (nSPS) is 9.75. The molecule has 0 radical (unpaired) electrons. The van der Waals surface area contributed by atoms with Gasteiger partial charge in [0.1, 0.15) is 0 Å². The molecule has 4 nitrogen and oxygen atoms in total. The number of hydrogen-bond donors (Lipinski definition) is 1. The van der Waals surface area contributed by atoms with Crippen LogP contribution in [0.1, 0.15) is 19.8 Å². The SMILES string of the molecule is CCCC(=O)Oc1csc(N)n1. The van der Waals surface area contributed by atoms with Crippen LogP contribution in [-0.2, 0) is 4.79 Å². The molecule has 0 saturated heterocycles. The second kappa shape index (κ2) is 4.06. The maximum atomic E-state index is 10.9. The van der Waals surface area contributed by atoms with Crippen molar-refractivity contribution < 1.29 is 9.53 Å². The Balaban J connectivity index is 2.46. The predicted octanol–water partition coefficient (Wildman–Crippen LogP) is 1.43. The molecule has 0 aliphatic carbocycles. The largest absolute Gasteiger partial charge is 0.406 e. The van der Waals surface area contributed by atoms with Crippen molar-refractivity contribution in [1.29, 1.82) is 0 Å². The van der Waals surface area contributed by atoms with E-state index in [1.165, 1.54) is 11.3 Å². The number of carbonyl (C=O) groups is 1. The molecule has 0 aliphatic heterocycles. The lowest BCUT2D eigenvalue weighted by atomic mass is 10.3. The van der Waals surface area contributed by atoms with Gasteiger partial charge >= 0.3 is 5.97 Å². The highest BCUT2D eigenvalue weighted by Crippen LogP contribution is 2.17. The van der Waals surface area contributed by atoms with Crippen LogP contribution in [0.3, 0.4) is 0 Å². The molecular formula is C7H10N2O2S. The summed E-state index contributed by atoms with van der Waals surface area (Å²) in [7, 11) is 0. The number of aromatic nitrogens is 1. The Morgan fingerprint density at radius 1 is 1.83 bits per heavy atom. The minimum atomic E-state index is -0.261. The summed E-state index contributed by atoms with van der Waals surface area (Å²) < 4.78 is 4.86. The summed E-state index contributed by atoms with van der Waals surface area (Å²) in [5.74, 6) is 0.0405. The summed E-state index contributed by atoms with van der Waals surface area (Å²) in [5, 5.41) is 2.03. The smallest absolute Gasteiger partial charge is 0.312 e. The summed E-state index contributed by atoms with van der Waals surface area (Å²) in [5.41, 5.74) is 5.34. The van der Waals surface area contributed by atoms with E-state index >= 15 is 0 Å². The Hall–Kier alpha value is -1.10. The third kappa shape index (κ3) is 2.50. The fourth-order valence-electron chi connectivity index (χ4n) is 0.691. The minimum Gasteiger partial charge on any atom is -0.406 e. The summed E-state index contributed by atoms with van der Waals surface area (Å²) in [4.78, 5) is 14.7. The lowest BCUT2D eigenvalue weighted by Gasteiger charge is -1.96. The third-order valence-electron chi connectivity index (χ3n) is 1.17. The Labute approximate surface area is 74.4 Å². The molecule has 5 heteroatoms. The van der Waals surface area contributed by atoms with Crippen molar-refractivity contribution in [2.45, 2.75) is 19.8 Å². The van der Waals surface area contributed by atoms with Gasteiger partial charge in [0, 0.05) is 6.42 Å². The molecule has 0 aliphatic rings. The van der Waals surface area contributed by atoms with Gasteiger partial charge in [-0.15, -0.1) is 11.3 Å². The molecular weight excluding hydrogens is 176 g/mol. The second-order valence-corrected chi connectivity index (χ2v) is 3.14. The molecule has 0 bridgehead atoms. The number of nitrogen functional groups attached to an aromatic ring is 1. The maximum Gasteiger partial charge on any atom is 0.312 e. The molecule has 1 rings (SSSR count). The van der Waals surface area contributed by atoms with Gasteiger partial charge in [0.15, 0.2) is 5.13 Å². The first-order valence-corrected chi connectivity index (χ1v) is 4.52. The van der Waals surface area contributed by atoms with E-state index < -0.39 is 0 Å². The molecule has 0 saturated carbocycles. The average Bonchev–Trinajstić information content (AvgIpc) is 2.36. The molecule has 0 aromatic carbocycles. The zero-order valence-corrected chi connectivity index (χ0v) is 7.56. The number of esters is 1. The van der Waals surface area contributed by atoms with Crippen LogP contribution in [0.2, 0.25) is 0 Å². The minimum absolute atomic E-state index is 0.261. The molecule has 0 atom stereocenters. The van der Waals surface area contributed by atoms with Crippen molar-refractivity contribution >= 4 is 22.4 Å². The van der Waals surface area contributed by atoms with Crippen LogP contribution in [0.4, 0.5) is 5.13 Å². The van der Waals surface area contributed by atoms with Gasteiger partial charge < -0.3 is 10.5 Å². The van der Waals surface area contributed by atoms with Gasteiger partial charge in [-0.25, -0.2) is 0 Å². The van der Waals surface area contributed by atoms with Crippen LogP contribution in [0.15, 0.2) is 5.38 Å². The van der Waals surface area contributed by atoms with Crippen LogP contribution < -0.4 is 10.5 Å². The number of nitrogens with zero attached hydrogens (tertiary/aromatic N) is 1. The highest BCUT2D eigenvalue weighted by molar-refractivity contribution is 7.13. The summed E-state index contributed by atoms with van der Waals surface area (Å²) in [6, 6.07) is 0. The maximum absolute atomic E-state index is 10.9. The monoisotopic (exact) mass is 186 g/mol.